The molecule has 0 amide bonds. The lowest BCUT2D eigenvalue weighted by atomic mass is 10.5. The molecule has 0 unspecified atom stereocenters. The molecule has 0 radical (unpaired) electrons. The molecular weight excluding hydrogens is 174 g/mol. The Balaban J connectivity index is 3.07. The maximum Gasteiger partial charge on any atom is 0.329 e. The van der Waals surface area contributed by atoms with Gasteiger partial charge < -0.3 is 10.5 Å². The Morgan fingerprint density at radius 3 is 2.85 bits per heavy atom. The number of H-pyrrole nitrogens is 1. The number of anilines is 1. The van der Waals surface area contributed by atoms with Gasteiger partial charge in [-0.1, -0.05) is 0 Å². The normalized spacial score (nSPS) is 10.2. The second-order valence-electron chi connectivity index (χ2n) is 2.51. The summed E-state index contributed by atoms with van der Waals surface area (Å²) in [5.74, 6) is 0.0728. The Kier molecular flexibility index (Phi) is 2.86. The molecule has 0 spiro atoms. The van der Waals surface area contributed by atoms with E-state index >= 15 is 0 Å². The molecule has 0 bridgehead atoms. The third kappa shape index (κ3) is 2.19. The predicted molar refractivity (Wildman–Crippen MR) is 47.6 cm³/mol. The van der Waals surface area contributed by atoms with Crippen LogP contribution in [0.25, 0.3) is 0 Å². The summed E-state index contributed by atoms with van der Waals surface area (Å²) in [6, 6.07) is 1.16. The number of methoxy groups -OCH3 is 1. The molecule has 0 atom stereocenters. The van der Waals surface area contributed by atoms with E-state index in [0.29, 0.717) is 6.61 Å². The fraction of sp³-hybridized carbons (Fsp3) is 0.429. The number of hydrogen-bond acceptors (Lipinski definition) is 4. The lowest BCUT2D eigenvalue weighted by molar-refractivity contribution is 0.185. The van der Waals surface area contributed by atoms with Crippen molar-refractivity contribution in [2.24, 2.45) is 0 Å². The summed E-state index contributed by atoms with van der Waals surface area (Å²) in [6.45, 7) is 0.540. The van der Waals surface area contributed by atoms with Crippen molar-refractivity contribution in [1.82, 2.24) is 9.55 Å². The van der Waals surface area contributed by atoms with E-state index in [2.05, 4.69) is 4.98 Å². The first-order chi connectivity index (χ1) is 6.15. The van der Waals surface area contributed by atoms with Crippen LogP contribution in [0.3, 0.4) is 0 Å². The number of nitrogens with zero attached hydrogens (tertiary/aromatic N) is 1. The molecule has 72 valence electrons. The highest BCUT2D eigenvalue weighted by molar-refractivity contribution is 5.23. The van der Waals surface area contributed by atoms with Crippen LogP contribution in [-0.4, -0.2) is 23.3 Å². The van der Waals surface area contributed by atoms with Gasteiger partial charge >= 0.3 is 5.69 Å². The minimum Gasteiger partial charge on any atom is -0.385 e. The Morgan fingerprint density at radius 1 is 1.62 bits per heavy atom. The van der Waals surface area contributed by atoms with Crippen LogP contribution in [0.2, 0.25) is 0 Å². The van der Waals surface area contributed by atoms with Crippen molar-refractivity contribution >= 4 is 5.82 Å². The zero-order chi connectivity index (χ0) is 9.84. The molecule has 0 aliphatic carbocycles. The van der Waals surface area contributed by atoms with Crippen LogP contribution >= 0.6 is 0 Å². The van der Waals surface area contributed by atoms with Crippen LogP contribution in [0.15, 0.2) is 15.7 Å². The zero-order valence-corrected chi connectivity index (χ0v) is 7.24. The minimum absolute atomic E-state index is 0.0728. The number of nitrogens with one attached hydrogen (secondary N) is 1. The first kappa shape index (κ1) is 9.53. The monoisotopic (exact) mass is 185 g/mol. The van der Waals surface area contributed by atoms with Crippen LogP contribution in [0, 0.1) is 0 Å². The molecule has 13 heavy (non-hydrogen) atoms. The standard InChI is InChI=1S/C7H11N3O3/c1-13-3-2-10-6(11)4-5(8)9-7(10)12/h4H,2-3,8H2,1H3,(H,9,12). The van der Waals surface area contributed by atoms with Crippen LogP contribution in [0.4, 0.5) is 5.82 Å². The molecule has 0 fully saturated rings. The van der Waals surface area contributed by atoms with Crippen molar-refractivity contribution in [1.29, 1.82) is 0 Å². The molecule has 1 aromatic rings. The number of aromatic nitrogens is 2. The summed E-state index contributed by atoms with van der Waals surface area (Å²) in [5.41, 5.74) is 4.33. The number of rotatable bonds is 3. The van der Waals surface area contributed by atoms with Gasteiger partial charge in [-0.25, -0.2) is 4.79 Å². The molecule has 6 nitrogen and oxygen atoms in total. The third-order valence-electron chi connectivity index (χ3n) is 1.56. The molecule has 1 heterocycles. The largest absolute Gasteiger partial charge is 0.385 e. The average molecular weight is 185 g/mol. The SMILES string of the molecule is COCCn1c(=O)cc(N)[nH]c1=O. The Labute approximate surface area is 74.0 Å². The summed E-state index contributed by atoms with van der Waals surface area (Å²) in [7, 11) is 1.50. The van der Waals surface area contributed by atoms with Gasteiger partial charge in [0.05, 0.1) is 13.2 Å². The second kappa shape index (κ2) is 3.90. The van der Waals surface area contributed by atoms with E-state index < -0.39 is 11.2 Å². The minimum atomic E-state index is -0.512. The van der Waals surface area contributed by atoms with Gasteiger partial charge in [-0.2, -0.15) is 0 Å². The highest BCUT2D eigenvalue weighted by atomic mass is 16.5. The van der Waals surface area contributed by atoms with Gasteiger partial charge in [-0.05, 0) is 0 Å². The van der Waals surface area contributed by atoms with Gasteiger partial charge in [0.2, 0.25) is 0 Å². The van der Waals surface area contributed by atoms with Gasteiger partial charge in [-0.3, -0.25) is 14.3 Å². The van der Waals surface area contributed by atoms with E-state index in [0.717, 1.165) is 10.6 Å². The van der Waals surface area contributed by atoms with Crippen molar-refractivity contribution in [3.63, 3.8) is 0 Å². The summed E-state index contributed by atoms with van der Waals surface area (Å²) in [4.78, 5) is 24.6. The van der Waals surface area contributed by atoms with Crippen LogP contribution in [-0.2, 0) is 11.3 Å². The van der Waals surface area contributed by atoms with Crippen molar-refractivity contribution in [3.05, 3.63) is 26.9 Å². The highest BCUT2D eigenvalue weighted by Crippen LogP contribution is 1.82. The Morgan fingerprint density at radius 2 is 2.31 bits per heavy atom. The highest BCUT2D eigenvalue weighted by Gasteiger charge is 2.00. The summed E-state index contributed by atoms with van der Waals surface area (Å²) in [5, 5.41) is 0. The molecular formula is C7H11N3O3. The molecule has 0 aromatic carbocycles. The summed E-state index contributed by atoms with van der Waals surface area (Å²) in [6.07, 6.45) is 0. The number of nitrogens with two attached hydrogens (primary N) is 1. The van der Waals surface area contributed by atoms with E-state index in [9.17, 15) is 9.59 Å². The van der Waals surface area contributed by atoms with Crippen molar-refractivity contribution < 1.29 is 4.74 Å². The fourth-order valence-electron chi connectivity index (χ4n) is 0.932. The summed E-state index contributed by atoms with van der Waals surface area (Å²) < 4.78 is 5.77. The van der Waals surface area contributed by atoms with E-state index in [-0.39, 0.29) is 12.4 Å². The molecule has 0 aliphatic rings. The smallest absolute Gasteiger partial charge is 0.329 e. The molecule has 0 saturated carbocycles. The quantitative estimate of drug-likeness (QED) is 0.616. The van der Waals surface area contributed by atoms with Crippen molar-refractivity contribution in [3.8, 4) is 0 Å². The Bertz CT molecular complexity index is 361. The van der Waals surface area contributed by atoms with Gasteiger partial charge in [0.15, 0.2) is 0 Å². The molecule has 3 N–H and O–H groups in total. The second-order valence-corrected chi connectivity index (χ2v) is 2.51. The maximum absolute atomic E-state index is 11.2. The number of hydrogen-bond donors (Lipinski definition) is 2. The Hall–Kier alpha value is -1.56. The van der Waals surface area contributed by atoms with Gasteiger partial charge in [0.25, 0.3) is 5.56 Å². The molecule has 6 heteroatoms. The van der Waals surface area contributed by atoms with Crippen molar-refractivity contribution in [2.75, 3.05) is 19.5 Å². The third-order valence-corrected chi connectivity index (χ3v) is 1.56. The molecule has 1 rings (SSSR count). The lowest BCUT2D eigenvalue weighted by Crippen LogP contribution is -2.36. The van der Waals surface area contributed by atoms with Crippen molar-refractivity contribution in [2.45, 2.75) is 6.54 Å². The van der Waals surface area contributed by atoms with Gasteiger partial charge in [0.1, 0.15) is 5.82 Å². The average Bonchev–Trinajstić information content (AvgIpc) is 2.02. The maximum atomic E-state index is 11.2. The predicted octanol–water partition coefficient (Wildman–Crippen LogP) is -1.23. The lowest BCUT2D eigenvalue weighted by Gasteiger charge is -2.02. The first-order valence-electron chi connectivity index (χ1n) is 3.73. The topological polar surface area (TPSA) is 90.1 Å². The first-order valence-corrected chi connectivity index (χ1v) is 3.73. The van der Waals surface area contributed by atoms with E-state index in [4.69, 9.17) is 10.5 Å². The number of aromatic amines is 1. The molecule has 1 aromatic heterocycles. The number of nitrogen functional groups attached to an aromatic ring is 1. The van der Waals surface area contributed by atoms with E-state index in [1.54, 1.807) is 0 Å². The van der Waals surface area contributed by atoms with Gasteiger partial charge in [0, 0.05) is 13.2 Å². The molecule has 0 saturated heterocycles. The van der Waals surface area contributed by atoms with Crippen LogP contribution in [0.5, 0.6) is 0 Å². The number of ether oxygens (including phenoxy) is 1. The van der Waals surface area contributed by atoms with E-state index in [1.165, 1.54) is 7.11 Å². The van der Waals surface area contributed by atoms with E-state index in [1.807, 2.05) is 0 Å². The van der Waals surface area contributed by atoms with Crippen LogP contribution < -0.4 is 17.0 Å². The summed E-state index contributed by atoms with van der Waals surface area (Å²) >= 11 is 0. The molecule has 0 aliphatic heterocycles. The van der Waals surface area contributed by atoms with Crippen LogP contribution in [0.1, 0.15) is 0 Å². The fourth-order valence-corrected chi connectivity index (χ4v) is 0.932. The zero-order valence-electron chi connectivity index (χ0n) is 7.24. The van der Waals surface area contributed by atoms with Gasteiger partial charge in [-0.15, -0.1) is 0 Å².